The molecule has 0 aromatic heterocycles. The van der Waals surface area contributed by atoms with E-state index in [1.54, 1.807) is 0 Å². The van der Waals surface area contributed by atoms with Crippen LogP contribution in [0.3, 0.4) is 0 Å². The van der Waals surface area contributed by atoms with E-state index in [4.69, 9.17) is 0 Å². The summed E-state index contributed by atoms with van der Waals surface area (Å²) in [6.07, 6.45) is 4.84. The zero-order valence-corrected chi connectivity index (χ0v) is 14.1. The van der Waals surface area contributed by atoms with Gasteiger partial charge in [0.15, 0.2) is 0 Å². The lowest BCUT2D eigenvalue weighted by Crippen LogP contribution is -2.30. The Morgan fingerprint density at radius 1 is 1.48 bits per heavy atom. The van der Waals surface area contributed by atoms with Gasteiger partial charge >= 0.3 is 0 Å². The summed E-state index contributed by atoms with van der Waals surface area (Å²) in [6.45, 7) is 12.7. The van der Waals surface area contributed by atoms with Gasteiger partial charge in [-0.3, -0.25) is 4.79 Å². The highest BCUT2D eigenvalue weighted by molar-refractivity contribution is 5.82. The molecule has 0 saturated carbocycles. The molecular formula is C20H26N2O. The number of amides is 1. The molecule has 0 aliphatic carbocycles. The van der Waals surface area contributed by atoms with Gasteiger partial charge in [0.1, 0.15) is 0 Å². The third kappa shape index (κ3) is 4.85. The summed E-state index contributed by atoms with van der Waals surface area (Å²) in [6, 6.07) is 8.52. The molecule has 3 nitrogen and oxygen atoms in total. The van der Waals surface area contributed by atoms with E-state index >= 15 is 0 Å². The molecule has 1 aromatic rings. The quantitative estimate of drug-likeness (QED) is 0.785. The Bertz CT molecular complexity index is 643. The van der Waals surface area contributed by atoms with Gasteiger partial charge in [-0.15, -0.1) is 0 Å². The minimum absolute atomic E-state index is 0.00457. The van der Waals surface area contributed by atoms with E-state index < -0.39 is 0 Å². The van der Waals surface area contributed by atoms with E-state index in [0.717, 1.165) is 24.1 Å². The summed E-state index contributed by atoms with van der Waals surface area (Å²) < 4.78 is 0. The van der Waals surface area contributed by atoms with Crippen molar-refractivity contribution in [2.75, 3.05) is 6.54 Å². The van der Waals surface area contributed by atoms with Gasteiger partial charge in [-0.05, 0) is 42.5 Å². The molecule has 1 aliphatic heterocycles. The summed E-state index contributed by atoms with van der Waals surface area (Å²) >= 11 is 0. The molecule has 0 bridgehead atoms. The number of rotatable bonds is 6. The Kier molecular flexibility index (Phi) is 5.80. The highest BCUT2D eigenvalue weighted by Gasteiger charge is 2.24. The van der Waals surface area contributed by atoms with Crippen LogP contribution in [0.25, 0.3) is 5.57 Å². The first-order chi connectivity index (χ1) is 11.0. The molecule has 2 N–H and O–H groups in total. The Labute approximate surface area is 139 Å². The molecule has 1 unspecified atom stereocenters. The molecule has 1 saturated heterocycles. The van der Waals surface area contributed by atoms with E-state index in [1.165, 1.54) is 11.1 Å². The van der Waals surface area contributed by atoms with Crippen LogP contribution in [-0.2, 0) is 11.2 Å². The Balaban J connectivity index is 1.99. The number of hydrogen-bond donors (Lipinski definition) is 2. The molecule has 23 heavy (non-hydrogen) atoms. The topological polar surface area (TPSA) is 41.1 Å². The molecule has 2 rings (SSSR count). The molecule has 1 fully saturated rings. The molecule has 1 amide bonds. The fourth-order valence-electron chi connectivity index (χ4n) is 2.80. The molecular weight excluding hydrogens is 284 g/mol. The van der Waals surface area contributed by atoms with Gasteiger partial charge in [-0.25, -0.2) is 0 Å². The van der Waals surface area contributed by atoms with Crippen molar-refractivity contribution in [3.8, 4) is 0 Å². The fraction of sp³-hybridized carbons (Fsp3) is 0.350. The summed E-state index contributed by atoms with van der Waals surface area (Å²) in [7, 11) is 0. The predicted molar refractivity (Wildman–Crippen MR) is 96.6 cm³/mol. The third-order valence-electron chi connectivity index (χ3n) is 4.06. The van der Waals surface area contributed by atoms with Crippen molar-refractivity contribution in [3.05, 3.63) is 66.0 Å². The van der Waals surface area contributed by atoms with Gasteiger partial charge in [0.2, 0.25) is 5.91 Å². The second kappa shape index (κ2) is 7.82. The smallest absolute Gasteiger partial charge is 0.229 e. The van der Waals surface area contributed by atoms with Crippen LogP contribution >= 0.6 is 0 Å². The van der Waals surface area contributed by atoms with Crippen molar-refractivity contribution in [2.24, 2.45) is 5.92 Å². The van der Waals surface area contributed by atoms with Crippen molar-refractivity contribution in [3.63, 3.8) is 0 Å². The molecule has 1 atom stereocenters. The number of benzene rings is 1. The zero-order chi connectivity index (χ0) is 16.8. The maximum atomic E-state index is 12.2. The van der Waals surface area contributed by atoms with Gasteiger partial charge in [0, 0.05) is 17.9 Å². The normalized spacial score (nSPS) is 17.7. The number of carbonyl (C=O) groups excluding carboxylic acids is 1. The maximum Gasteiger partial charge on any atom is 0.229 e. The summed E-state index contributed by atoms with van der Waals surface area (Å²) in [5.74, 6) is -0.0502. The Hall–Kier alpha value is -2.29. The number of allylic oxidation sites excluding steroid dienone is 3. The van der Waals surface area contributed by atoms with E-state index in [2.05, 4.69) is 55.0 Å². The highest BCUT2D eigenvalue weighted by Crippen LogP contribution is 2.19. The van der Waals surface area contributed by atoms with Crippen molar-refractivity contribution in [1.29, 1.82) is 0 Å². The minimum Gasteiger partial charge on any atom is -0.388 e. The lowest BCUT2D eigenvalue weighted by molar-refractivity contribution is -0.123. The predicted octanol–water partition coefficient (Wildman–Crippen LogP) is 3.80. The first-order valence-electron chi connectivity index (χ1n) is 8.18. The van der Waals surface area contributed by atoms with E-state index in [9.17, 15) is 4.79 Å². The van der Waals surface area contributed by atoms with Crippen molar-refractivity contribution >= 4 is 11.5 Å². The largest absolute Gasteiger partial charge is 0.388 e. The van der Waals surface area contributed by atoms with Crippen LogP contribution in [0.2, 0.25) is 0 Å². The molecule has 122 valence electrons. The van der Waals surface area contributed by atoms with Crippen LogP contribution in [-0.4, -0.2) is 12.5 Å². The van der Waals surface area contributed by atoms with E-state index in [1.807, 2.05) is 13.0 Å². The summed E-state index contributed by atoms with van der Waals surface area (Å²) in [5, 5.41) is 6.00. The van der Waals surface area contributed by atoms with Crippen LogP contribution < -0.4 is 10.6 Å². The highest BCUT2D eigenvalue weighted by atomic mass is 16.1. The minimum atomic E-state index is -0.0548. The van der Waals surface area contributed by atoms with Crippen molar-refractivity contribution in [1.82, 2.24) is 10.6 Å². The standard InChI is InChI=1S/C20H26N2O/c1-5-7-17-8-6-9-18(12-17)14(2)10-16(4)22-20(23)19-11-15(3)21-13-19/h6,8-10,12,19,21H,3-5,7,11,13H2,1-2H3,(H,22,23)/b14-10+. The maximum absolute atomic E-state index is 12.2. The summed E-state index contributed by atoms with van der Waals surface area (Å²) in [5.41, 5.74) is 5.16. The first kappa shape index (κ1) is 17.1. The van der Waals surface area contributed by atoms with Crippen LogP contribution in [0.4, 0.5) is 0 Å². The average molecular weight is 310 g/mol. The second-order valence-electron chi connectivity index (χ2n) is 6.18. The number of nitrogens with one attached hydrogen (secondary N) is 2. The van der Waals surface area contributed by atoms with Crippen molar-refractivity contribution in [2.45, 2.75) is 33.1 Å². The van der Waals surface area contributed by atoms with E-state index in [0.29, 0.717) is 18.7 Å². The fourth-order valence-corrected chi connectivity index (χ4v) is 2.80. The van der Waals surface area contributed by atoms with Crippen molar-refractivity contribution < 1.29 is 4.79 Å². The van der Waals surface area contributed by atoms with Gasteiger partial charge < -0.3 is 10.6 Å². The zero-order valence-electron chi connectivity index (χ0n) is 14.1. The molecule has 0 spiro atoms. The summed E-state index contributed by atoms with van der Waals surface area (Å²) in [4.78, 5) is 12.2. The van der Waals surface area contributed by atoms with Crippen LogP contribution in [0, 0.1) is 5.92 Å². The molecule has 1 aromatic carbocycles. The van der Waals surface area contributed by atoms with Crippen LogP contribution in [0.1, 0.15) is 37.8 Å². The Morgan fingerprint density at radius 2 is 2.26 bits per heavy atom. The van der Waals surface area contributed by atoms with Crippen LogP contribution in [0.5, 0.6) is 0 Å². The number of hydrogen-bond acceptors (Lipinski definition) is 2. The molecule has 1 aliphatic rings. The average Bonchev–Trinajstić information content (AvgIpc) is 2.94. The SMILES string of the molecule is C=C(/C=C(\C)c1cccc(CCC)c1)NC(=O)C1CNC(=C)C1. The van der Waals surface area contributed by atoms with Gasteiger partial charge in [-0.2, -0.15) is 0 Å². The van der Waals surface area contributed by atoms with Crippen LogP contribution in [0.15, 0.2) is 54.9 Å². The van der Waals surface area contributed by atoms with Gasteiger partial charge in [0.05, 0.1) is 5.92 Å². The van der Waals surface area contributed by atoms with Gasteiger partial charge in [0.25, 0.3) is 0 Å². The Morgan fingerprint density at radius 3 is 2.91 bits per heavy atom. The molecule has 1 heterocycles. The monoisotopic (exact) mass is 310 g/mol. The third-order valence-corrected chi connectivity index (χ3v) is 4.06. The number of carbonyl (C=O) groups is 1. The van der Waals surface area contributed by atoms with Gasteiger partial charge in [-0.1, -0.05) is 50.8 Å². The van der Waals surface area contributed by atoms with E-state index in [-0.39, 0.29) is 11.8 Å². The number of aryl methyl sites for hydroxylation is 1. The lowest BCUT2D eigenvalue weighted by Gasteiger charge is -2.11. The molecule has 3 heteroatoms. The second-order valence-corrected chi connectivity index (χ2v) is 6.18. The lowest BCUT2D eigenvalue weighted by atomic mass is 10.0. The molecule has 0 radical (unpaired) electrons. The first-order valence-corrected chi connectivity index (χ1v) is 8.18.